The van der Waals surface area contributed by atoms with Gasteiger partial charge in [-0.1, -0.05) is 38.1 Å². The number of carbonyl (C=O) groups is 2. The molecule has 1 aromatic carbocycles. The molecule has 0 fully saturated rings. The molecule has 0 atom stereocenters. The molecule has 0 aliphatic rings. The van der Waals surface area contributed by atoms with Crippen LogP contribution in [0, 0.1) is 18.3 Å². The number of amides is 1. The van der Waals surface area contributed by atoms with Crippen LogP contribution in [0.4, 0.5) is 5.00 Å². The number of nitrogens with zero attached hydrogens (tertiary/aromatic N) is 1. The van der Waals surface area contributed by atoms with E-state index in [1.807, 2.05) is 24.3 Å². The first-order chi connectivity index (χ1) is 13.2. The van der Waals surface area contributed by atoms with Crippen molar-refractivity contribution in [2.24, 2.45) is 0 Å². The van der Waals surface area contributed by atoms with Crippen LogP contribution >= 0.6 is 11.3 Å². The van der Waals surface area contributed by atoms with E-state index in [2.05, 4.69) is 25.2 Å². The Bertz CT molecular complexity index is 932. The summed E-state index contributed by atoms with van der Waals surface area (Å²) in [4.78, 5) is 24.8. The van der Waals surface area contributed by atoms with Gasteiger partial charge in [0.25, 0.3) is 0 Å². The van der Waals surface area contributed by atoms with Crippen molar-refractivity contribution in [1.29, 1.82) is 5.26 Å². The minimum absolute atomic E-state index is 0.261. The third kappa shape index (κ3) is 5.30. The van der Waals surface area contributed by atoms with E-state index < -0.39 is 5.97 Å². The van der Waals surface area contributed by atoms with Crippen LogP contribution in [-0.2, 0) is 9.53 Å². The summed E-state index contributed by atoms with van der Waals surface area (Å²) in [6.45, 7) is 9.44. The summed E-state index contributed by atoms with van der Waals surface area (Å²) in [5.41, 5.74) is 2.93. The van der Waals surface area contributed by atoms with E-state index in [4.69, 9.17) is 4.74 Å². The third-order valence-corrected chi connectivity index (χ3v) is 5.24. The molecule has 0 aliphatic carbocycles. The Morgan fingerprint density at radius 1 is 1.18 bits per heavy atom. The number of hydrogen-bond donors (Lipinski definition) is 1. The molecule has 0 saturated carbocycles. The van der Waals surface area contributed by atoms with Crippen LogP contribution in [0.2, 0.25) is 0 Å². The summed E-state index contributed by atoms with van der Waals surface area (Å²) in [5, 5.41) is 12.4. The van der Waals surface area contributed by atoms with Crippen LogP contribution in [0.1, 0.15) is 65.5 Å². The second-order valence-corrected chi connectivity index (χ2v) is 7.99. The lowest BCUT2D eigenvalue weighted by Gasteiger charge is -2.06. The van der Waals surface area contributed by atoms with Gasteiger partial charge in [0.2, 0.25) is 5.91 Å². The van der Waals surface area contributed by atoms with Crippen molar-refractivity contribution in [1.82, 2.24) is 0 Å². The molecular weight excluding hydrogens is 372 g/mol. The molecule has 0 spiro atoms. The van der Waals surface area contributed by atoms with Gasteiger partial charge < -0.3 is 10.1 Å². The maximum Gasteiger partial charge on any atom is 0.348 e. The largest absolute Gasteiger partial charge is 0.459 e. The van der Waals surface area contributed by atoms with Crippen molar-refractivity contribution in [3.63, 3.8) is 0 Å². The smallest absolute Gasteiger partial charge is 0.348 e. The van der Waals surface area contributed by atoms with Crippen LogP contribution in [-0.4, -0.2) is 18.0 Å². The van der Waals surface area contributed by atoms with Crippen LogP contribution in [0.3, 0.4) is 0 Å². The number of hydrogen-bond acceptors (Lipinski definition) is 5. The van der Waals surface area contributed by atoms with Gasteiger partial charge >= 0.3 is 5.97 Å². The third-order valence-electron chi connectivity index (χ3n) is 4.05. The number of thiophene rings is 1. The molecule has 146 valence electrons. The molecule has 1 heterocycles. The zero-order valence-corrected chi connectivity index (χ0v) is 17.5. The number of carbonyl (C=O) groups excluding carboxylic acids is 2. The second kappa shape index (κ2) is 9.34. The Hall–Kier alpha value is -2.91. The highest BCUT2D eigenvalue weighted by molar-refractivity contribution is 7.18. The van der Waals surface area contributed by atoms with Crippen LogP contribution < -0.4 is 5.32 Å². The maximum atomic E-state index is 12.3. The van der Waals surface area contributed by atoms with E-state index >= 15 is 0 Å². The highest BCUT2D eigenvalue weighted by Crippen LogP contribution is 2.33. The van der Waals surface area contributed by atoms with Gasteiger partial charge in [-0.3, -0.25) is 4.79 Å². The van der Waals surface area contributed by atoms with Gasteiger partial charge in [0.05, 0.1) is 11.7 Å². The number of anilines is 1. The molecule has 0 saturated heterocycles. The van der Waals surface area contributed by atoms with E-state index in [0.29, 0.717) is 21.4 Å². The van der Waals surface area contributed by atoms with Gasteiger partial charge in [-0.15, -0.1) is 11.3 Å². The summed E-state index contributed by atoms with van der Waals surface area (Å²) in [6.07, 6.45) is 2.86. The Morgan fingerprint density at radius 3 is 2.36 bits per heavy atom. The fourth-order valence-electron chi connectivity index (χ4n) is 2.52. The normalized spacial score (nSPS) is 11.1. The van der Waals surface area contributed by atoms with Gasteiger partial charge in [0, 0.05) is 6.08 Å². The number of esters is 1. The van der Waals surface area contributed by atoms with E-state index in [0.717, 1.165) is 16.9 Å². The molecule has 6 heteroatoms. The molecule has 1 N–H and O–H groups in total. The zero-order valence-electron chi connectivity index (χ0n) is 16.7. The fraction of sp³-hybridized carbons (Fsp3) is 0.318. The van der Waals surface area contributed by atoms with E-state index in [9.17, 15) is 14.9 Å². The summed E-state index contributed by atoms with van der Waals surface area (Å²) in [7, 11) is 0. The van der Waals surface area contributed by atoms with Crippen LogP contribution in [0.5, 0.6) is 0 Å². The van der Waals surface area contributed by atoms with E-state index in [1.54, 1.807) is 26.8 Å². The monoisotopic (exact) mass is 396 g/mol. The van der Waals surface area contributed by atoms with Gasteiger partial charge in [-0.25, -0.2) is 4.79 Å². The first kappa shape index (κ1) is 21.4. The Labute approximate surface area is 169 Å². The molecule has 1 amide bonds. The standard InChI is InChI=1S/C22H24N2O3S/c1-13(2)17-9-6-16(7-10-17)8-11-19(25)24-21-18(12-23)15(5)20(28-21)22(26)27-14(3)4/h6-11,13-14H,1-5H3,(H,24,25). The lowest BCUT2D eigenvalue weighted by Crippen LogP contribution is -2.11. The number of ether oxygens (including phenoxy) is 1. The van der Waals surface area contributed by atoms with Crippen molar-refractivity contribution < 1.29 is 14.3 Å². The number of nitriles is 1. The fourth-order valence-corrected chi connectivity index (χ4v) is 3.56. The second-order valence-electron chi connectivity index (χ2n) is 6.97. The minimum atomic E-state index is -0.490. The first-order valence-corrected chi connectivity index (χ1v) is 9.88. The molecule has 0 bridgehead atoms. The molecule has 0 aliphatic heterocycles. The molecule has 2 aromatic rings. The number of rotatable bonds is 6. The average Bonchev–Trinajstić information content (AvgIpc) is 2.95. The lowest BCUT2D eigenvalue weighted by atomic mass is 10.0. The Kier molecular flexibility index (Phi) is 7.13. The number of benzene rings is 1. The van der Waals surface area contributed by atoms with Crippen molar-refractivity contribution >= 4 is 34.3 Å². The van der Waals surface area contributed by atoms with Crippen LogP contribution in [0.25, 0.3) is 6.08 Å². The quantitative estimate of drug-likeness (QED) is 0.533. The van der Waals surface area contributed by atoms with Gasteiger partial charge in [-0.05, 0) is 49.5 Å². The van der Waals surface area contributed by atoms with Crippen molar-refractivity contribution in [3.8, 4) is 6.07 Å². The molecule has 0 unspecified atom stereocenters. The topological polar surface area (TPSA) is 79.2 Å². The van der Waals surface area contributed by atoms with Crippen molar-refractivity contribution in [3.05, 3.63) is 57.5 Å². The predicted octanol–water partition coefficient (Wildman–Crippen LogP) is 5.27. The van der Waals surface area contributed by atoms with Crippen LogP contribution in [0.15, 0.2) is 30.3 Å². The molecule has 0 radical (unpaired) electrons. The van der Waals surface area contributed by atoms with Crippen molar-refractivity contribution in [2.75, 3.05) is 5.32 Å². The summed E-state index contributed by atoms with van der Waals surface area (Å²) in [6, 6.07) is 10.0. The van der Waals surface area contributed by atoms with E-state index in [-0.39, 0.29) is 17.6 Å². The maximum absolute atomic E-state index is 12.3. The molecule has 1 aromatic heterocycles. The predicted molar refractivity (Wildman–Crippen MR) is 113 cm³/mol. The summed E-state index contributed by atoms with van der Waals surface area (Å²) in [5.74, 6) is -0.408. The molecule has 28 heavy (non-hydrogen) atoms. The van der Waals surface area contributed by atoms with Gasteiger partial charge in [0.15, 0.2) is 0 Å². The van der Waals surface area contributed by atoms with E-state index in [1.165, 1.54) is 11.6 Å². The minimum Gasteiger partial charge on any atom is -0.459 e. The Balaban J connectivity index is 2.15. The SMILES string of the molecule is Cc1c(C(=O)OC(C)C)sc(NC(=O)C=Cc2ccc(C(C)C)cc2)c1C#N. The number of nitrogens with one attached hydrogen (secondary N) is 1. The first-order valence-electron chi connectivity index (χ1n) is 9.06. The molecule has 2 rings (SSSR count). The highest BCUT2D eigenvalue weighted by Gasteiger charge is 2.22. The Morgan fingerprint density at radius 2 is 1.82 bits per heavy atom. The molecule has 5 nitrogen and oxygen atoms in total. The summed E-state index contributed by atoms with van der Waals surface area (Å²) < 4.78 is 5.20. The summed E-state index contributed by atoms with van der Waals surface area (Å²) >= 11 is 1.05. The average molecular weight is 397 g/mol. The van der Waals surface area contributed by atoms with Gasteiger partial charge in [-0.2, -0.15) is 5.26 Å². The highest BCUT2D eigenvalue weighted by atomic mass is 32.1. The zero-order chi connectivity index (χ0) is 20.8. The molecular formula is C22H24N2O3S. The lowest BCUT2D eigenvalue weighted by molar-refractivity contribution is -0.111. The van der Waals surface area contributed by atoms with Gasteiger partial charge in [0.1, 0.15) is 15.9 Å². The van der Waals surface area contributed by atoms with Crippen molar-refractivity contribution in [2.45, 2.75) is 46.6 Å².